The second-order valence-corrected chi connectivity index (χ2v) is 9.23. The molecule has 1 aliphatic rings. The lowest BCUT2D eigenvalue weighted by Crippen LogP contribution is -2.41. The number of hydrogen-bond acceptors (Lipinski definition) is 5. The lowest BCUT2D eigenvalue weighted by molar-refractivity contribution is 0.0478. The van der Waals surface area contributed by atoms with Crippen molar-refractivity contribution in [1.82, 2.24) is 16.0 Å². The number of ether oxygens (including phenoxy) is 2. The predicted molar refractivity (Wildman–Crippen MR) is 135 cm³/mol. The van der Waals surface area contributed by atoms with E-state index in [1.807, 2.05) is 7.05 Å². The van der Waals surface area contributed by atoms with Crippen LogP contribution >= 0.6 is 11.6 Å². The first-order chi connectivity index (χ1) is 17.4. The quantitative estimate of drug-likeness (QED) is 0.314. The number of halogens is 2. The van der Waals surface area contributed by atoms with Crippen LogP contribution in [0.3, 0.4) is 0 Å². The molecule has 1 aliphatic heterocycles. The molecule has 36 heavy (non-hydrogen) atoms. The van der Waals surface area contributed by atoms with E-state index in [0.29, 0.717) is 28.6 Å². The third-order valence-corrected chi connectivity index (χ3v) is 6.38. The van der Waals surface area contributed by atoms with Gasteiger partial charge in [0.05, 0.1) is 12.2 Å². The minimum Gasteiger partial charge on any atom is -0.465 e. The topological polar surface area (TPSA) is 109 Å². The second kappa shape index (κ2) is 14.1. The SMILES string of the molecule is CNC(CNC(=O)c1cc(C(OCCNC(=O)O)c2cccc(Cl)c2)ccc1F)CC1CCCOC1. The number of amides is 2. The molecule has 196 valence electrons. The van der Waals surface area contributed by atoms with E-state index in [4.69, 9.17) is 26.2 Å². The number of rotatable bonds is 12. The van der Waals surface area contributed by atoms with E-state index >= 15 is 0 Å². The average Bonchev–Trinajstić information content (AvgIpc) is 2.87. The monoisotopic (exact) mass is 521 g/mol. The molecular weight excluding hydrogens is 489 g/mol. The summed E-state index contributed by atoms with van der Waals surface area (Å²) < 4.78 is 26.2. The van der Waals surface area contributed by atoms with Gasteiger partial charge in [0.15, 0.2) is 0 Å². The molecule has 1 saturated heterocycles. The van der Waals surface area contributed by atoms with E-state index in [0.717, 1.165) is 32.5 Å². The predicted octanol–water partition coefficient (Wildman–Crippen LogP) is 3.99. The molecule has 0 spiro atoms. The number of hydrogen-bond donors (Lipinski definition) is 4. The van der Waals surface area contributed by atoms with Crippen molar-refractivity contribution in [2.45, 2.75) is 31.4 Å². The molecule has 1 fully saturated rings. The molecule has 3 rings (SSSR count). The summed E-state index contributed by atoms with van der Waals surface area (Å²) in [5, 5.41) is 17.6. The highest BCUT2D eigenvalue weighted by atomic mass is 35.5. The molecule has 3 atom stereocenters. The summed E-state index contributed by atoms with van der Waals surface area (Å²) in [4.78, 5) is 23.7. The largest absolute Gasteiger partial charge is 0.465 e. The van der Waals surface area contributed by atoms with Gasteiger partial charge in [0.2, 0.25) is 0 Å². The molecular formula is C26H33ClFN3O5. The summed E-state index contributed by atoms with van der Waals surface area (Å²) >= 11 is 6.16. The van der Waals surface area contributed by atoms with Crippen LogP contribution in [-0.4, -0.2) is 63.1 Å². The number of carbonyl (C=O) groups excluding carboxylic acids is 1. The number of nitrogens with one attached hydrogen (secondary N) is 3. The van der Waals surface area contributed by atoms with Crippen molar-refractivity contribution in [2.75, 3.05) is 40.0 Å². The highest BCUT2D eigenvalue weighted by Gasteiger charge is 2.22. The fraction of sp³-hybridized carbons (Fsp3) is 0.462. The molecule has 0 saturated carbocycles. The van der Waals surface area contributed by atoms with Gasteiger partial charge in [-0.15, -0.1) is 0 Å². The van der Waals surface area contributed by atoms with Crippen molar-refractivity contribution in [2.24, 2.45) is 5.92 Å². The molecule has 10 heteroatoms. The highest BCUT2D eigenvalue weighted by Crippen LogP contribution is 2.29. The van der Waals surface area contributed by atoms with Crippen LogP contribution in [0.25, 0.3) is 0 Å². The van der Waals surface area contributed by atoms with Crippen molar-refractivity contribution in [1.29, 1.82) is 0 Å². The lowest BCUT2D eigenvalue weighted by Gasteiger charge is -2.26. The Morgan fingerprint density at radius 2 is 2.03 bits per heavy atom. The van der Waals surface area contributed by atoms with E-state index in [9.17, 15) is 14.0 Å². The van der Waals surface area contributed by atoms with Crippen molar-refractivity contribution < 1.29 is 28.6 Å². The van der Waals surface area contributed by atoms with Gasteiger partial charge in [-0.3, -0.25) is 4.79 Å². The molecule has 1 heterocycles. The van der Waals surface area contributed by atoms with E-state index in [-0.39, 0.29) is 24.8 Å². The molecule has 2 amide bonds. The zero-order chi connectivity index (χ0) is 25.9. The fourth-order valence-electron chi connectivity index (χ4n) is 4.28. The zero-order valence-corrected chi connectivity index (χ0v) is 21.0. The fourth-order valence-corrected chi connectivity index (χ4v) is 4.48. The number of benzene rings is 2. The molecule has 3 unspecified atom stereocenters. The maximum atomic E-state index is 14.7. The van der Waals surface area contributed by atoms with Crippen LogP contribution in [0.4, 0.5) is 9.18 Å². The van der Waals surface area contributed by atoms with Crippen LogP contribution < -0.4 is 16.0 Å². The molecule has 0 aliphatic carbocycles. The van der Waals surface area contributed by atoms with Crippen LogP contribution in [0.5, 0.6) is 0 Å². The Bertz CT molecular complexity index is 1020. The van der Waals surface area contributed by atoms with Crippen molar-refractivity contribution in [3.63, 3.8) is 0 Å². The van der Waals surface area contributed by atoms with Crippen molar-refractivity contribution >= 4 is 23.6 Å². The highest BCUT2D eigenvalue weighted by molar-refractivity contribution is 6.30. The van der Waals surface area contributed by atoms with Gasteiger partial charge in [-0.2, -0.15) is 0 Å². The molecule has 2 aromatic carbocycles. The third-order valence-electron chi connectivity index (χ3n) is 6.14. The summed E-state index contributed by atoms with van der Waals surface area (Å²) in [7, 11) is 1.84. The standard InChI is InChI=1S/C26H33ClFN3O5/c1-29-21(12-17-4-3-10-35-16-17)15-31-25(32)22-14-19(7-8-23(22)28)24(36-11-9-30-26(33)34)18-5-2-6-20(27)13-18/h2,5-8,13-14,17,21,24,29-30H,3-4,9-12,15-16H2,1H3,(H,31,32)(H,33,34). The zero-order valence-electron chi connectivity index (χ0n) is 20.3. The summed E-state index contributed by atoms with van der Waals surface area (Å²) in [6.45, 7) is 2.00. The first-order valence-electron chi connectivity index (χ1n) is 12.0. The summed E-state index contributed by atoms with van der Waals surface area (Å²) in [5.41, 5.74) is 1.15. The van der Waals surface area contributed by atoms with Gasteiger partial charge in [-0.1, -0.05) is 29.8 Å². The van der Waals surface area contributed by atoms with E-state index in [1.54, 1.807) is 30.3 Å². The Morgan fingerprint density at radius 1 is 1.22 bits per heavy atom. The van der Waals surface area contributed by atoms with Gasteiger partial charge in [-0.25, -0.2) is 9.18 Å². The first kappa shape index (κ1) is 27.9. The maximum Gasteiger partial charge on any atom is 0.404 e. The number of carbonyl (C=O) groups is 2. The van der Waals surface area contributed by atoms with Crippen LogP contribution in [0.1, 0.15) is 46.9 Å². The number of carboxylic acid groups (broad SMARTS) is 1. The maximum absolute atomic E-state index is 14.7. The normalized spacial score (nSPS) is 17.2. The van der Waals surface area contributed by atoms with Gasteiger partial charge >= 0.3 is 6.09 Å². The molecule has 8 nitrogen and oxygen atoms in total. The Labute approximate surface area is 215 Å². The second-order valence-electron chi connectivity index (χ2n) is 8.79. The van der Waals surface area contributed by atoms with Gasteiger partial charge in [0.1, 0.15) is 11.9 Å². The smallest absolute Gasteiger partial charge is 0.404 e. The Hall–Kier alpha value is -2.72. The van der Waals surface area contributed by atoms with Crippen LogP contribution in [0.2, 0.25) is 5.02 Å². The van der Waals surface area contributed by atoms with Gasteiger partial charge in [-0.05, 0) is 67.6 Å². The van der Waals surface area contributed by atoms with Gasteiger partial charge in [0.25, 0.3) is 5.91 Å². The molecule has 2 aromatic rings. The van der Waals surface area contributed by atoms with Crippen LogP contribution in [0.15, 0.2) is 42.5 Å². The van der Waals surface area contributed by atoms with E-state index in [2.05, 4.69) is 16.0 Å². The van der Waals surface area contributed by atoms with Crippen molar-refractivity contribution in [3.8, 4) is 0 Å². The average molecular weight is 522 g/mol. The van der Waals surface area contributed by atoms with Crippen LogP contribution in [0, 0.1) is 11.7 Å². The summed E-state index contributed by atoms with van der Waals surface area (Å²) in [6.07, 6.45) is 1.15. The minimum absolute atomic E-state index is 0.0381. The first-order valence-corrected chi connectivity index (χ1v) is 12.4. The van der Waals surface area contributed by atoms with Crippen LogP contribution in [-0.2, 0) is 9.47 Å². The van der Waals surface area contributed by atoms with Gasteiger partial charge < -0.3 is 30.5 Å². The van der Waals surface area contributed by atoms with Gasteiger partial charge in [0, 0.05) is 37.4 Å². The lowest BCUT2D eigenvalue weighted by atomic mass is 9.94. The van der Waals surface area contributed by atoms with Crippen molar-refractivity contribution in [3.05, 3.63) is 70.0 Å². The molecule has 0 radical (unpaired) electrons. The van der Waals surface area contributed by atoms with E-state index < -0.39 is 23.9 Å². The minimum atomic E-state index is -1.16. The molecule has 4 N–H and O–H groups in total. The van der Waals surface area contributed by atoms with E-state index in [1.165, 1.54) is 12.1 Å². The molecule has 0 aromatic heterocycles. The Balaban J connectivity index is 1.72. The summed E-state index contributed by atoms with van der Waals surface area (Å²) in [6, 6.07) is 11.3. The Morgan fingerprint density at radius 3 is 2.72 bits per heavy atom. The number of likely N-dealkylation sites (N-methyl/N-ethyl adjacent to an activating group) is 1. The third kappa shape index (κ3) is 8.44. The summed E-state index contributed by atoms with van der Waals surface area (Å²) in [5.74, 6) is -0.735. The molecule has 0 bridgehead atoms. The Kier molecular flexibility index (Phi) is 10.9.